The molecule has 0 aromatic carbocycles. The molecule has 0 aliphatic carbocycles. The zero-order valence-electron chi connectivity index (χ0n) is 10.0. The summed E-state index contributed by atoms with van der Waals surface area (Å²) in [6.45, 7) is 6.83. The molecule has 0 aromatic heterocycles. The first-order chi connectivity index (χ1) is 7.84. The monoisotopic (exact) mass is 246 g/mol. The summed E-state index contributed by atoms with van der Waals surface area (Å²) >= 11 is 1.92. The summed E-state index contributed by atoms with van der Waals surface area (Å²) < 4.78 is 5.21. The minimum atomic E-state index is 0.249. The van der Waals surface area contributed by atoms with Gasteiger partial charge in [-0.3, -0.25) is 4.79 Å². The zero-order chi connectivity index (χ0) is 11.6. The molecule has 1 saturated heterocycles. The molecular formula is C11H22N2O2S. The Bertz CT molecular complexity index is 196. The van der Waals surface area contributed by atoms with Crippen LogP contribution in [-0.2, 0) is 9.53 Å². The van der Waals surface area contributed by atoms with Crippen LogP contribution in [0.15, 0.2) is 0 Å². The fourth-order valence-corrected chi connectivity index (χ4v) is 2.16. The lowest BCUT2D eigenvalue weighted by Gasteiger charge is -2.26. The summed E-state index contributed by atoms with van der Waals surface area (Å²) in [7, 11) is 0. The van der Waals surface area contributed by atoms with Crippen molar-refractivity contribution in [3.63, 3.8) is 0 Å². The Balaban J connectivity index is 1.97. The largest absolute Gasteiger partial charge is 0.378 e. The van der Waals surface area contributed by atoms with E-state index >= 15 is 0 Å². The van der Waals surface area contributed by atoms with Crippen molar-refractivity contribution in [1.82, 2.24) is 10.2 Å². The van der Waals surface area contributed by atoms with E-state index in [0.29, 0.717) is 19.6 Å². The van der Waals surface area contributed by atoms with Gasteiger partial charge >= 0.3 is 0 Å². The highest BCUT2D eigenvalue weighted by atomic mass is 32.2. The highest BCUT2D eigenvalue weighted by Crippen LogP contribution is 1.99. The van der Waals surface area contributed by atoms with Crippen molar-refractivity contribution < 1.29 is 9.53 Å². The van der Waals surface area contributed by atoms with E-state index in [4.69, 9.17) is 4.74 Å². The second kappa shape index (κ2) is 8.84. The molecule has 4 nitrogen and oxygen atoms in total. The second-order valence-electron chi connectivity index (χ2n) is 3.69. The van der Waals surface area contributed by atoms with Gasteiger partial charge in [0, 0.05) is 38.4 Å². The molecule has 0 atom stereocenters. The van der Waals surface area contributed by atoms with Gasteiger partial charge in [0.25, 0.3) is 0 Å². The molecule has 1 aliphatic heterocycles. The summed E-state index contributed by atoms with van der Waals surface area (Å²) in [5.41, 5.74) is 0. The molecule has 1 aliphatic rings. The molecule has 0 aromatic rings. The molecular weight excluding hydrogens is 224 g/mol. The Labute approximate surface area is 102 Å². The maximum atomic E-state index is 11.7. The van der Waals surface area contributed by atoms with Crippen molar-refractivity contribution in [1.29, 1.82) is 0 Å². The van der Waals surface area contributed by atoms with Crippen molar-refractivity contribution in [2.45, 2.75) is 13.3 Å². The van der Waals surface area contributed by atoms with E-state index in [-0.39, 0.29) is 5.91 Å². The number of rotatable bonds is 7. The van der Waals surface area contributed by atoms with Gasteiger partial charge in [-0.15, -0.1) is 0 Å². The van der Waals surface area contributed by atoms with Crippen LogP contribution in [0.1, 0.15) is 13.3 Å². The Morgan fingerprint density at radius 1 is 1.38 bits per heavy atom. The predicted octanol–water partition coefficient (Wildman–Crippen LogP) is 0.578. The normalized spacial score (nSPS) is 16.4. The molecule has 0 radical (unpaired) electrons. The smallest absolute Gasteiger partial charge is 0.224 e. The summed E-state index contributed by atoms with van der Waals surface area (Å²) in [4.78, 5) is 13.6. The molecule has 1 N–H and O–H groups in total. The molecule has 1 rings (SSSR count). The number of carbonyl (C=O) groups is 1. The van der Waals surface area contributed by atoms with E-state index in [1.54, 1.807) is 0 Å². The van der Waals surface area contributed by atoms with E-state index in [1.165, 1.54) is 0 Å². The molecule has 0 saturated carbocycles. The van der Waals surface area contributed by atoms with Gasteiger partial charge in [0.2, 0.25) is 5.91 Å². The lowest BCUT2D eigenvalue weighted by molar-refractivity contribution is -0.135. The van der Waals surface area contributed by atoms with Gasteiger partial charge in [0.15, 0.2) is 0 Å². The van der Waals surface area contributed by atoms with Gasteiger partial charge < -0.3 is 15.0 Å². The summed E-state index contributed by atoms with van der Waals surface area (Å²) in [5.74, 6) is 2.54. The van der Waals surface area contributed by atoms with Crippen LogP contribution in [0.5, 0.6) is 0 Å². The van der Waals surface area contributed by atoms with Gasteiger partial charge in [0.05, 0.1) is 13.2 Å². The maximum absolute atomic E-state index is 11.7. The van der Waals surface area contributed by atoms with E-state index < -0.39 is 0 Å². The van der Waals surface area contributed by atoms with Crippen molar-refractivity contribution in [3.8, 4) is 0 Å². The van der Waals surface area contributed by atoms with Crippen LogP contribution >= 0.6 is 11.8 Å². The number of morpholine rings is 1. The van der Waals surface area contributed by atoms with E-state index in [2.05, 4.69) is 12.2 Å². The van der Waals surface area contributed by atoms with Crippen LogP contribution < -0.4 is 5.32 Å². The number of nitrogens with one attached hydrogen (secondary N) is 1. The number of nitrogens with zero attached hydrogens (tertiary/aromatic N) is 1. The quantitative estimate of drug-likeness (QED) is 0.667. The Morgan fingerprint density at radius 2 is 2.12 bits per heavy atom. The number of carbonyl (C=O) groups excluding carboxylic acids is 1. The summed E-state index contributed by atoms with van der Waals surface area (Å²) in [6.07, 6.45) is 0.608. The van der Waals surface area contributed by atoms with Crippen molar-refractivity contribution in [2.75, 3.05) is 50.9 Å². The minimum absolute atomic E-state index is 0.249. The Morgan fingerprint density at radius 3 is 2.81 bits per heavy atom. The van der Waals surface area contributed by atoms with Crippen molar-refractivity contribution in [2.24, 2.45) is 0 Å². The first kappa shape index (κ1) is 13.8. The first-order valence-electron chi connectivity index (χ1n) is 5.98. The molecule has 1 amide bonds. The van der Waals surface area contributed by atoms with E-state index in [1.807, 2.05) is 16.7 Å². The third-order valence-corrected chi connectivity index (χ3v) is 3.41. The summed E-state index contributed by atoms with van der Waals surface area (Å²) in [6, 6.07) is 0. The molecule has 1 fully saturated rings. The fourth-order valence-electron chi connectivity index (χ4n) is 1.58. The zero-order valence-corrected chi connectivity index (χ0v) is 10.9. The third kappa shape index (κ3) is 5.72. The van der Waals surface area contributed by atoms with Gasteiger partial charge in [-0.25, -0.2) is 0 Å². The SMILES string of the molecule is CCSCCNCCC(=O)N1CCOCC1. The third-order valence-electron chi connectivity index (χ3n) is 2.51. The fraction of sp³-hybridized carbons (Fsp3) is 0.909. The average Bonchev–Trinajstić information content (AvgIpc) is 2.34. The van der Waals surface area contributed by atoms with E-state index in [9.17, 15) is 4.79 Å². The van der Waals surface area contributed by atoms with E-state index in [0.717, 1.165) is 37.7 Å². The summed E-state index contributed by atoms with van der Waals surface area (Å²) in [5, 5.41) is 3.29. The number of thioether (sulfide) groups is 1. The first-order valence-corrected chi connectivity index (χ1v) is 7.14. The number of ether oxygens (including phenoxy) is 1. The van der Waals surface area contributed by atoms with Crippen LogP contribution in [0, 0.1) is 0 Å². The van der Waals surface area contributed by atoms with Gasteiger partial charge in [-0.05, 0) is 5.75 Å². The molecule has 5 heteroatoms. The van der Waals surface area contributed by atoms with Crippen LogP contribution in [0.2, 0.25) is 0 Å². The Kier molecular flexibility index (Phi) is 7.63. The van der Waals surface area contributed by atoms with Crippen LogP contribution in [0.3, 0.4) is 0 Å². The highest BCUT2D eigenvalue weighted by molar-refractivity contribution is 7.99. The number of hydrogen-bond donors (Lipinski definition) is 1. The van der Waals surface area contributed by atoms with Crippen LogP contribution in [0.4, 0.5) is 0 Å². The van der Waals surface area contributed by atoms with Crippen LogP contribution in [-0.4, -0.2) is 61.7 Å². The highest BCUT2D eigenvalue weighted by Gasteiger charge is 2.15. The maximum Gasteiger partial charge on any atom is 0.224 e. The standard InChI is InChI=1S/C11H22N2O2S/c1-2-16-10-5-12-4-3-11(14)13-6-8-15-9-7-13/h12H,2-10H2,1H3. The molecule has 1 heterocycles. The number of hydrogen-bond acceptors (Lipinski definition) is 4. The molecule has 16 heavy (non-hydrogen) atoms. The van der Waals surface area contributed by atoms with Crippen LogP contribution in [0.25, 0.3) is 0 Å². The molecule has 0 bridgehead atoms. The number of amides is 1. The van der Waals surface area contributed by atoms with Gasteiger partial charge in [0.1, 0.15) is 0 Å². The van der Waals surface area contributed by atoms with Crippen molar-refractivity contribution in [3.05, 3.63) is 0 Å². The second-order valence-corrected chi connectivity index (χ2v) is 5.08. The van der Waals surface area contributed by atoms with Crippen molar-refractivity contribution >= 4 is 17.7 Å². The van der Waals surface area contributed by atoms with Gasteiger partial charge in [-0.2, -0.15) is 11.8 Å². The molecule has 0 unspecified atom stereocenters. The van der Waals surface area contributed by atoms with Gasteiger partial charge in [-0.1, -0.05) is 6.92 Å². The topological polar surface area (TPSA) is 41.6 Å². The predicted molar refractivity (Wildman–Crippen MR) is 67.9 cm³/mol. The lowest BCUT2D eigenvalue weighted by Crippen LogP contribution is -2.41. The average molecular weight is 246 g/mol. The minimum Gasteiger partial charge on any atom is -0.378 e. The molecule has 94 valence electrons. The lowest BCUT2D eigenvalue weighted by atomic mass is 10.3. The Hall–Kier alpha value is -0.260. The molecule has 0 spiro atoms.